The maximum absolute atomic E-state index is 11.4. The Labute approximate surface area is 151 Å². The quantitative estimate of drug-likeness (QED) is 0.736. The number of fused-ring (bicyclic) bond motifs is 1. The van der Waals surface area contributed by atoms with Gasteiger partial charge in [-0.15, -0.1) is 0 Å². The van der Waals surface area contributed by atoms with Gasteiger partial charge < -0.3 is 10.4 Å². The molecule has 4 nitrogen and oxygen atoms in total. The first-order valence-corrected chi connectivity index (χ1v) is 8.46. The molecule has 0 unspecified atom stereocenters. The van der Waals surface area contributed by atoms with Gasteiger partial charge in [-0.25, -0.2) is 4.98 Å². The van der Waals surface area contributed by atoms with Gasteiger partial charge in [-0.05, 0) is 42.7 Å². The molecule has 0 bridgehead atoms. The van der Waals surface area contributed by atoms with Crippen LogP contribution in [0.15, 0.2) is 42.5 Å². The number of nitrogens with one attached hydrogen (secondary N) is 1. The standard InChI is InChI=1S/C20H19ClN2O2/c1-12-10-16(15-4-3-5-18(24)20(15)21)23-17-11-13(6-8-14(12)17)7-9-19(25)22-2/h3-6,8,10-11,24H,7,9H2,1-2H3,(H,22,25). The molecule has 0 aliphatic rings. The average molecular weight is 355 g/mol. The van der Waals surface area contributed by atoms with Gasteiger partial charge in [-0.2, -0.15) is 0 Å². The highest BCUT2D eigenvalue weighted by Gasteiger charge is 2.11. The van der Waals surface area contributed by atoms with E-state index in [9.17, 15) is 9.90 Å². The third-order valence-electron chi connectivity index (χ3n) is 4.25. The highest BCUT2D eigenvalue weighted by atomic mass is 35.5. The van der Waals surface area contributed by atoms with Crippen molar-refractivity contribution < 1.29 is 9.90 Å². The Balaban J connectivity index is 2.04. The number of pyridine rings is 1. The van der Waals surface area contributed by atoms with Gasteiger partial charge in [0, 0.05) is 24.4 Å². The smallest absolute Gasteiger partial charge is 0.220 e. The second kappa shape index (κ2) is 7.11. The van der Waals surface area contributed by atoms with Gasteiger partial charge in [0.05, 0.1) is 16.2 Å². The Bertz CT molecular complexity index is 954. The van der Waals surface area contributed by atoms with Gasteiger partial charge >= 0.3 is 0 Å². The number of aromatic hydroxyl groups is 1. The van der Waals surface area contributed by atoms with Gasteiger partial charge in [0.25, 0.3) is 0 Å². The van der Waals surface area contributed by atoms with Crippen LogP contribution in [0.25, 0.3) is 22.2 Å². The molecule has 25 heavy (non-hydrogen) atoms. The highest BCUT2D eigenvalue weighted by molar-refractivity contribution is 6.34. The van der Waals surface area contributed by atoms with Crippen molar-refractivity contribution in [3.8, 4) is 17.0 Å². The minimum atomic E-state index is 0.0181. The minimum Gasteiger partial charge on any atom is -0.506 e. The number of phenolic OH excluding ortho intramolecular Hbond substituents is 1. The summed E-state index contributed by atoms with van der Waals surface area (Å²) in [5.41, 5.74) is 4.40. The van der Waals surface area contributed by atoms with Gasteiger partial charge in [-0.1, -0.05) is 35.9 Å². The number of amides is 1. The van der Waals surface area contributed by atoms with E-state index < -0.39 is 0 Å². The number of carbonyl (C=O) groups is 1. The predicted molar refractivity (Wildman–Crippen MR) is 101 cm³/mol. The number of nitrogens with zero attached hydrogens (tertiary/aromatic N) is 1. The molecule has 0 saturated carbocycles. The van der Waals surface area contributed by atoms with E-state index in [4.69, 9.17) is 16.6 Å². The summed E-state index contributed by atoms with van der Waals surface area (Å²) in [6, 6.07) is 13.2. The first-order chi connectivity index (χ1) is 12.0. The molecule has 0 fully saturated rings. The lowest BCUT2D eigenvalue weighted by atomic mass is 10.0. The number of hydrogen-bond acceptors (Lipinski definition) is 3. The molecule has 0 radical (unpaired) electrons. The monoisotopic (exact) mass is 354 g/mol. The Morgan fingerprint density at radius 3 is 2.80 bits per heavy atom. The van der Waals surface area contributed by atoms with Crippen molar-refractivity contribution in [2.75, 3.05) is 7.05 Å². The molecule has 5 heteroatoms. The molecule has 0 aliphatic carbocycles. The van der Waals surface area contributed by atoms with E-state index in [-0.39, 0.29) is 11.7 Å². The zero-order chi connectivity index (χ0) is 18.0. The molecule has 1 aromatic heterocycles. The molecule has 0 spiro atoms. The first kappa shape index (κ1) is 17.2. The number of phenols is 1. The Morgan fingerprint density at radius 1 is 1.24 bits per heavy atom. The van der Waals surface area contributed by atoms with Gasteiger partial charge in [0.1, 0.15) is 5.75 Å². The number of carbonyl (C=O) groups excluding carboxylic acids is 1. The lowest BCUT2D eigenvalue weighted by Gasteiger charge is -2.10. The lowest BCUT2D eigenvalue weighted by molar-refractivity contribution is -0.120. The van der Waals surface area contributed by atoms with Crippen LogP contribution in [-0.2, 0) is 11.2 Å². The van der Waals surface area contributed by atoms with Crippen LogP contribution < -0.4 is 5.32 Å². The summed E-state index contributed by atoms with van der Waals surface area (Å²) in [5.74, 6) is 0.0579. The number of halogens is 1. The summed E-state index contributed by atoms with van der Waals surface area (Å²) in [5, 5.41) is 13.8. The fourth-order valence-corrected chi connectivity index (χ4v) is 3.06. The van der Waals surface area contributed by atoms with E-state index in [2.05, 4.69) is 5.32 Å². The van der Waals surface area contributed by atoms with Crippen LogP contribution in [0.3, 0.4) is 0 Å². The Morgan fingerprint density at radius 2 is 2.04 bits per heavy atom. The van der Waals surface area contributed by atoms with Crippen molar-refractivity contribution in [2.45, 2.75) is 19.8 Å². The van der Waals surface area contributed by atoms with Crippen LogP contribution in [0, 0.1) is 6.92 Å². The largest absolute Gasteiger partial charge is 0.506 e. The first-order valence-electron chi connectivity index (χ1n) is 8.08. The van der Waals surface area contributed by atoms with Gasteiger partial charge in [0.15, 0.2) is 0 Å². The average Bonchev–Trinajstić information content (AvgIpc) is 2.61. The fourth-order valence-electron chi connectivity index (χ4n) is 2.84. The van der Waals surface area contributed by atoms with E-state index in [0.29, 0.717) is 29.1 Å². The minimum absolute atomic E-state index is 0.0181. The van der Waals surface area contributed by atoms with Crippen molar-refractivity contribution >= 4 is 28.4 Å². The Kier molecular flexibility index (Phi) is 4.91. The lowest BCUT2D eigenvalue weighted by Crippen LogP contribution is -2.17. The van der Waals surface area contributed by atoms with Crippen molar-refractivity contribution in [1.82, 2.24) is 10.3 Å². The van der Waals surface area contributed by atoms with Crippen LogP contribution >= 0.6 is 11.6 Å². The normalized spacial score (nSPS) is 10.8. The van der Waals surface area contributed by atoms with Gasteiger partial charge in [-0.3, -0.25) is 4.79 Å². The third-order valence-corrected chi connectivity index (χ3v) is 4.65. The van der Waals surface area contributed by atoms with Crippen molar-refractivity contribution in [1.29, 1.82) is 0 Å². The molecule has 1 heterocycles. The van der Waals surface area contributed by atoms with Crippen molar-refractivity contribution in [3.05, 3.63) is 58.6 Å². The number of rotatable bonds is 4. The van der Waals surface area contributed by atoms with Crippen molar-refractivity contribution in [2.24, 2.45) is 0 Å². The number of aryl methyl sites for hydroxylation is 2. The summed E-state index contributed by atoms with van der Waals surface area (Å²) in [4.78, 5) is 16.2. The number of benzene rings is 2. The molecule has 128 valence electrons. The summed E-state index contributed by atoms with van der Waals surface area (Å²) >= 11 is 6.23. The fraction of sp³-hybridized carbons (Fsp3) is 0.200. The maximum Gasteiger partial charge on any atom is 0.220 e. The van der Waals surface area contributed by atoms with E-state index in [0.717, 1.165) is 22.0 Å². The maximum atomic E-state index is 11.4. The number of hydrogen-bond donors (Lipinski definition) is 2. The molecule has 2 N–H and O–H groups in total. The Hall–Kier alpha value is -2.59. The van der Waals surface area contributed by atoms with E-state index in [1.807, 2.05) is 37.3 Å². The van der Waals surface area contributed by atoms with Crippen LogP contribution in [-0.4, -0.2) is 23.0 Å². The molecule has 0 atom stereocenters. The van der Waals surface area contributed by atoms with Crippen LogP contribution in [0.5, 0.6) is 5.75 Å². The van der Waals surface area contributed by atoms with Crippen LogP contribution in [0.4, 0.5) is 0 Å². The zero-order valence-corrected chi connectivity index (χ0v) is 14.9. The van der Waals surface area contributed by atoms with E-state index in [1.54, 1.807) is 19.2 Å². The highest BCUT2D eigenvalue weighted by Crippen LogP contribution is 2.35. The van der Waals surface area contributed by atoms with Gasteiger partial charge in [0.2, 0.25) is 5.91 Å². The van der Waals surface area contributed by atoms with Crippen molar-refractivity contribution in [3.63, 3.8) is 0 Å². The second-order valence-corrected chi connectivity index (χ2v) is 6.37. The second-order valence-electron chi connectivity index (χ2n) is 5.99. The molecular weight excluding hydrogens is 336 g/mol. The molecule has 0 saturated heterocycles. The SMILES string of the molecule is CNC(=O)CCc1ccc2c(C)cc(-c3cccc(O)c3Cl)nc2c1. The molecule has 2 aromatic carbocycles. The molecule has 0 aliphatic heterocycles. The topological polar surface area (TPSA) is 62.2 Å². The molecule has 1 amide bonds. The van der Waals surface area contributed by atoms with Crippen LogP contribution in [0.1, 0.15) is 17.5 Å². The molecule has 3 rings (SSSR count). The predicted octanol–water partition coefficient (Wildman–Crippen LogP) is 4.25. The summed E-state index contributed by atoms with van der Waals surface area (Å²) in [7, 11) is 1.64. The zero-order valence-electron chi connectivity index (χ0n) is 14.1. The molecular formula is C20H19ClN2O2. The van der Waals surface area contributed by atoms with Crippen LogP contribution in [0.2, 0.25) is 5.02 Å². The summed E-state index contributed by atoms with van der Waals surface area (Å²) in [6.45, 7) is 2.02. The molecule has 3 aromatic rings. The van der Waals surface area contributed by atoms with E-state index >= 15 is 0 Å². The third kappa shape index (κ3) is 3.59. The summed E-state index contributed by atoms with van der Waals surface area (Å²) in [6.07, 6.45) is 1.10. The number of aromatic nitrogens is 1. The van der Waals surface area contributed by atoms with E-state index in [1.165, 1.54) is 0 Å². The summed E-state index contributed by atoms with van der Waals surface area (Å²) < 4.78 is 0.